The minimum atomic E-state index is -1.07. The minimum absolute atomic E-state index is 0.0782. The van der Waals surface area contributed by atoms with E-state index in [9.17, 15) is 14.7 Å². The third-order valence-corrected chi connectivity index (χ3v) is 4.29. The number of carbonyl (C=O) groups is 2. The van der Waals surface area contributed by atoms with Crippen molar-refractivity contribution in [1.82, 2.24) is 0 Å². The number of hydrazone groups is 1. The first-order valence-corrected chi connectivity index (χ1v) is 9.22. The molecule has 30 heavy (non-hydrogen) atoms. The van der Waals surface area contributed by atoms with Crippen LogP contribution in [0.1, 0.15) is 29.8 Å². The molecule has 1 aliphatic heterocycles. The molecule has 2 aromatic rings. The van der Waals surface area contributed by atoms with Crippen molar-refractivity contribution in [3.63, 3.8) is 0 Å². The molecule has 0 fully saturated rings. The number of nitrogens with zero attached hydrogens (tertiary/aromatic N) is 2. The Morgan fingerprint density at radius 3 is 2.73 bits per heavy atom. The van der Waals surface area contributed by atoms with Crippen molar-refractivity contribution in [3.05, 3.63) is 59.2 Å². The molecular formula is C23H20N2O5. The van der Waals surface area contributed by atoms with Crippen molar-refractivity contribution in [2.45, 2.75) is 13.8 Å². The zero-order valence-electron chi connectivity index (χ0n) is 16.6. The summed E-state index contributed by atoms with van der Waals surface area (Å²) in [7, 11) is 0. The highest BCUT2D eigenvalue weighted by atomic mass is 16.5. The Hall–Kier alpha value is -4.05. The van der Waals surface area contributed by atoms with E-state index in [1.807, 2.05) is 6.92 Å². The van der Waals surface area contributed by atoms with Gasteiger partial charge in [-0.2, -0.15) is 10.1 Å². The number of rotatable bonds is 7. The molecule has 152 valence electrons. The van der Waals surface area contributed by atoms with Gasteiger partial charge in [0.2, 0.25) is 0 Å². The predicted octanol–water partition coefficient (Wildman–Crippen LogP) is 3.60. The number of amides is 1. The second-order valence-electron chi connectivity index (χ2n) is 6.35. The number of carboxylic acid groups (broad SMARTS) is 1. The van der Waals surface area contributed by atoms with Gasteiger partial charge in [0, 0.05) is 0 Å². The molecule has 0 aliphatic carbocycles. The molecule has 0 spiro atoms. The number of ether oxygens (including phenoxy) is 2. The SMILES string of the molecule is C#CCOc1ccc(C=C2C(=O)N(c3cccc(C(=O)O)c3)N=C2C)cc1OCC. The summed E-state index contributed by atoms with van der Waals surface area (Å²) in [5.74, 6) is 2.03. The van der Waals surface area contributed by atoms with Crippen molar-refractivity contribution in [3.8, 4) is 23.8 Å². The smallest absolute Gasteiger partial charge is 0.335 e. The average molecular weight is 404 g/mol. The molecule has 7 heteroatoms. The number of anilines is 1. The van der Waals surface area contributed by atoms with Gasteiger partial charge in [0.25, 0.3) is 5.91 Å². The zero-order valence-corrected chi connectivity index (χ0v) is 16.6. The molecule has 7 nitrogen and oxygen atoms in total. The molecule has 0 unspecified atom stereocenters. The van der Waals surface area contributed by atoms with E-state index < -0.39 is 5.97 Å². The number of hydrogen-bond acceptors (Lipinski definition) is 5. The average Bonchev–Trinajstić information content (AvgIpc) is 3.02. The highest BCUT2D eigenvalue weighted by Gasteiger charge is 2.29. The Morgan fingerprint density at radius 1 is 1.23 bits per heavy atom. The maximum absolute atomic E-state index is 12.9. The van der Waals surface area contributed by atoms with Crippen LogP contribution in [0.4, 0.5) is 5.69 Å². The van der Waals surface area contributed by atoms with E-state index in [4.69, 9.17) is 15.9 Å². The Bertz CT molecular complexity index is 1100. The fraction of sp³-hybridized carbons (Fsp3) is 0.174. The van der Waals surface area contributed by atoms with Gasteiger partial charge < -0.3 is 14.6 Å². The summed E-state index contributed by atoms with van der Waals surface area (Å²) in [6, 6.07) is 11.3. The zero-order chi connectivity index (χ0) is 21.7. The fourth-order valence-corrected chi connectivity index (χ4v) is 2.92. The Labute approximate surface area is 174 Å². The number of carboxylic acids is 1. The number of carbonyl (C=O) groups excluding carboxylic acids is 1. The highest BCUT2D eigenvalue weighted by molar-refractivity contribution is 6.32. The minimum Gasteiger partial charge on any atom is -0.490 e. The van der Waals surface area contributed by atoms with E-state index in [2.05, 4.69) is 11.0 Å². The summed E-state index contributed by atoms with van der Waals surface area (Å²) in [6.45, 7) is 4.14. The topological polar surface area (TPSA) is 88.4 Å². The second kappa shape index (κ2) is 8.97. The van der Waals surface area contributed by atoms with Crippen LogP contribution < -0.4 is 14.5 Å². The third-order valence-electron chi connectivity index (χ3n) is 4.29. The number of benzene rings is 2. The molecule has 0 saturated heterocycles. The van der Waals surface area contributed by atoms with Crippen LogP contribution in [0.5, 0.6) is 11.5 Å². The van der Waals surface area contributed by atoms with Crippen molar-refractivity contribution in [2.75, 3.05) is 18.2 Å². The van der Waals surface area contributed by atoms with Crippen LogP contribution in [0.2, 0.25) is 0 Å². The first-order chi connectivity index (χ1) is 14.4. The molecule has 1 aliphatic rings. The van der Waals surface area contributed by atoms with Crippen molar-refractivity contribution < 1.29 is 24.2 Å². The lowest BCUT2D eigenvalue weighted by molar-refractivity contribution is -0.114. The van der Waals surface area contributed by atoms with Crippen LogP contribution in [0, 0.1) is 12.3 Å². The summed E-state index contributed by atoms with van der Waals surface area (Å²) < 4.78 is 11.1. The lowest BCUT2D eigenvalue weighted by atomic mass is 10.1. The first-order valence-electron chi connectivity index (χ1n) is 9.22. The van der Waals surface area contributed by atoms with Gasteiger partial charge in [-0.1, -0.05) is 18.1 Å². The summed E-state index contributed by atoms with van der Waals surface area (Å²) in [4.78, 5) is 24.2. The summed E-state index contributed by atoms with van der Waals surface area (Å²) in [5, 5.41) is 14.7. The lowest BCUT2D eigenvalue weighted by Crippen LogP contribution is -2.21. The predicted molar refractivity (Wildman–Crippen MR) is 114 cm³/mol. The van der Waals surface area contributed by atoms with E-state index in [1.54, 1.807) is 43.3 Å². The van der Waals surface area contributed by atoms with Gasteiger partial charge in [0.15, 0.2) is 11.5 Å². The monoisotopic (exact) mass is 404 g/mol. The summed E-state index contributed by atoms with van der Waals surface area (Å²) >= 11 is 0. The first kappa shape index (κ1) is 20.7. The third kappa shape index (κ3) is 4.33. The van der Waals surface area contributed by atoms with Crippen molar-refractivity contribution in [2.24, 2.45) is 5.10 Å². The molecule has 1 heterocycles. The van der Waals surface area contributed by atoms with Gasteiger partial charge in [-0.15, -0.1) is 6.42 Å². The van der Waals surface area contributed by atoms with Gasteiger partial charge in [-0.05, 0) is 55.8 Å². The molecule has 3 rings (SSSR count). The molecule has 0 bridgehead atoms. The maximum Gasteiger partial charge on any atom is 0.335 e. The van der Waals surface area contributed by atoms with Crippen LogP contribution in [0.15, 0.2) is 53.1 Å². The molecule has 1 N–H and O–H groups in total. The molecule has 0 atom stereocenters. The Balaban J connectivity index is 1.91. The van der Waals surface area contributed by atoms with Crippen molar-refractivity contribution >= 4 is 29.4 Å². The molecule has 0 aromatic heterocycles. The van der Waals surface area contributed by atoms with Crippen LogP contribution in [0.3, 0.4) is 0 Å². The van der Waals surface area contributed by atoms with Gasteiger partial charge in [0.1, 0.15) is 6.61 Å². The normalized spacial score (nSPS) is 14.4. The van der Waals surface area contributed by atoms with E-state index in [0.29, 0.717) is 35.1 Å². The fourth-order valence-electron chi connectivity index (χ4n) is 2.92. The Kier molecular flexibility index (Phi) is 6.18. The van der Waals surface area contributed by atoms with E-state index in [0.717, 1.165) is 5.56 Å². The van der Waals surface area contributed by atoms with Crippen LogP contribution in [-0.2, 0) is 4.79 Å². The standard InChI is InChI=1S/C23H20N2O5/c1-4-11-30-20-10-9-16(13-21(20)29-5-2)12-19-15(3)24-25(22(19)26)18-8-6-7-17(14-18)23(27)28/h1,6-10,12-14H,5,11H2,2-3H3,(H,27,28). The largest absolute Gasteiger partial charge is 0.490 e. The van der Waals surface area contributed by atoms with Crippen LogP contribution >= 0.6 is 0 Å². The van der Waals surface area contributed by atoms with E-state index in [1.165, 1.54) is 17.1 Å². The second-order valence-corrected chi connectivity index (χ2v) is 6.35. The van der Waals surface area contributed by atoms with Crippen LogP contribution in [-0.4, -0.2) is 35.9 Å². The molecular weight excluding hydrogens is 384 g/mol. The number of hydrogen-bond donors (Lipinski definition) is 1. The molecule has 1 amide bonds. The van der Waals surface area contributed by atoms with Gasteiger partial charge in [-0.3, -0.25) is 4.79 Å². The quantitative estimate of drug-likeness (QED) is 0.563. The highest BCUT2D eigenvalue weighted by Crippen LogP contribution is 2.31. The van der Waals surface area contributed by atoms with Gasteiger partial charge in [0.05, 0.1) is 29.1 Å². The number of terminal acetylenes is 1. The lowest BCUT2D eigenvalue weighted by Gasteiger charge is -2.12. The number of aromatic carboxylic acids is 1. The van der Waals surface area contributed by atoms with E-state index >= 15 is 0 Å². The maximum atomic E-state index is 12.9. The van der Waals surface area contributed by atoms with E-state index in [-0.39, 0.29) is 18.1 Å². The Morgan fingerprint density at radius 2 is 2.03 bits per heavy atom. The van der Waals surface area contributed by atoms with Crippen molar-refractivity contribution in [1.29, 1.82) is 0 Å². The molecule has 2 aromatic carbocycles. The van der Waals surface area contributed by atoms with Gasteiger partial charge >= 0.3 is 5.97 Å². The summed E-state index contributed by atoms with van der Waals surface area (Å²) in [6.07, 6.45) is 6.95. The molecule has 0 radical (unpaired) electrons. The van der Waals surface area contributed by atoms with Crippen LogP contribution in [0.25, 0.3) is 6.08 Å². The summed E-state index contributed by atoms with van der Waals surface area (Å²) in [5.41, 5.74) is 2.11. The van der Waals surface area contributed by atoms with Gasteiger partial charge in [-0.25, -0.2) is 4.79 Å². The molecule has 0 saturated carbocycles.